The standard InChI is InChI=1S/C24H24N2O3S/c1-17-8-5-6-11-20(17)26-21(27)14-22-25-19(16-30-22)15-29-23(28)24(12-7-13-24)18-9-3-2-4-10-18/h2-6,8-11,16H,7,12-15H2,1H3,(H,26,27). The van der Waals surface area contributed by atoms with Crippen molar-refractivity contribution in [2.24, 2.45) is 0 Å². The van der Waals surface area contributed by atoms with E-state index >= 15 is 0 Å². The molecular weight excluding hydrogens is 396 g/mol. The Morgan fingerprint density at radius 1 is 1.10 bits per heavy atom. The van der Waals surface area contributed by atoms with Crippen molar-refractivity contribution < 1.29 is 14.3 Å². The maximum Gasteiger partial charge on any atom is 0.316 e. The van der Waals surface area contributed by atoms with Gasteiger partial charge in [-0.25, -0.2) is 4.98 Å². The summed E-state index contributed by atoms with van der Waals surface area (Å²) in [6.07, 6.45) is 2.86. The molecule has 1 amide bonds. The Morgan fingerprint density at radius 3 is 2.53 bits per heavy atom. The number of aromatic nitrogens is 1. The lowest BCUT2D eigenvalue weighted by Gasteiger charge is -2.39. The van der Waals surface area contributed by atoms with Gasteiger partial charge in [0, 0.05) is 11.1 Å². The molecule has 1 aromatic heterocycles. The Hall–Kier alpha value is -2.99. The average molecular weight is 421 g/mol. The van der Waals surface area contributed by atoms with E-state index in [9.17, 15) is 9.59 Å². The highest BCUT2D eigenvalue weighted by molar-refractivity contribution is 7.09. The van der Waals surface area contributed by atoms with Gasteiger partial charge in [0.15, 0.2) is 0 Å². The normalized spacial score (nSPS) is 14.6. The lowest BCUT2D eigenvalue weighted by atomic mass is 9.64. The molecule has 1 fully saturated rings. The Bertz CT molecular complexity index is 1040. The van der Waals surface area contributed by atoms with Crippen LogP contribution in [0.1, 0.15) is 41.1 Å². The fourth-order valence-corrected chi connectivity index (χ4v) is 4.49. The van der Waals surface area contributed by atoms with Crippen molar-refractivity contribution in [1.82, 2.24) is 4.98 Å². The SMILES string of the molecule is Cc1ccccc1NC(=O)Cc1nc(COC(=O)C2(c3ccccc3)CCC2)cs1. The van der Waals surface area contributed by atoms with Gasteiger partial charge >= 0.3 is 5.97 Å². The van der Waals surface area contributed by atoms with E-state index in [1.165, 1.54) is 11.3 Å². The molecule has 6 heteroatoms. The fourth-order valence-electron chi connectivity index (χ4n) is 3.72. The van der Waals surface area contributed by atoms with Gasteiger partial charge in [0.25, 0.3) is 0 Å². The third kappa shape index (κ3) is 4.28. The maximum absolute atomic E-state index is 12.8. The predicted molar refractivity (Wildman–Crippen MR) is 117 cm³/mol. The molecule has 0 aliphatic heterocycles. The molecule has 30 heavy (non-hydrogen) atoms. The molecule has 1 N–H and O–H groups in total. The van der Waals surface area contributed by atoms with Gasteiger partial charge in [-0.15, -0.1) is 11.3 Å². The smallest absolute Gasteiger partial charge is 0.316 e. The molecule has 0 saturated heterocycles. The van der Waals surface area contributed by atoms with Crippen LogP contribution < -0.4 is 5.32 Å². The minimum absolute atomic E-state index is 0.111. The minimum Gasteiger partial charge on any atom is -0.458 e. The number of hydrogen-bond acceptors (Lipinski definition) is 5. The number of ether oxygens (including phenoxy) is 1. The number of anilines is 1. The number of hydrogen-bond donors (Lipinski definition) is 1. The average Bonchev–Trinajstić information content (AvgIpc) is 3.15. The van der Waals surface area contributed by atoms with E-state index in [1.807, 2.05) is 66.9 Å². The van der Waals surface area contributed by atoms with Crippen LogP contribution in [0.2, 0.25) is 0 Å². The predicted octanol–water partition coefficient (Wildman–Crippen LogP) is 4.80. The first-order valence-corrected chi connectivity index (χ1v) is 11.0. The number of aryl methyl sites for hydroxylation is 1. The number of amides is 1. The first kappa shape index (κ1) is 20.3. The summed E-state index contributed by atoms with van der Waals surface area (Å²) in [5, 5.41) is 5.46. The highest BCUT2D eigenvalue weighted by Crippen LogP contribution is 2.44. The summed E-state index contributed by atoms with van der Waals surface area (Å²) < 4.78 is 5.62. The summed E-state index contributed by atoms with van der Waals surface area (Å²) in [4.78, 5) is 29.6. The molecule has 1 heterocycles. The first-order chi connectivity index (χ1) is 14.6. The van der Waals surface area contributed by atoms with Crippen LogP contribution in [0.4, 0.5) is 5.69 Å². The monoisotopic (exact) mass is 420 g/mol. The van der Waals surface area contributed by atoms with Gasteiger partial charge in [0.2, 0.25) is 5.91 Å². The van der Waals surface area contributed by atoms with Crippen LogP contribution >= 0.6 is 11.3 Å². The Balaban J connectivity index is 1.33. The van der Waals surface area contributed by atoms with Crippen molar-refractivity contribution in [2.45, 2.75) is 44.6 Å². The summed E-state index contributed by atoms with van der Waals surface area (Å²) in [7, 11) is 0. The molecule has 3 aromatic rings. The van der Waals surface area contributed by atoms with E-state index in [0.29, 0.717) is 10.7 Å². The second-order valence-electron chi connectivity index (χ2n) is 7.65. The molecule has 2 aromatic carbocycles. The lowest BCUT2D eigenvalue weighted by Crippen LogP contribution is -2.43. The number of esters is 1. The van der Waals surface area contributed by atoms with Gasteiger partial charge < -0.3 is 10.1 Å². The van der Waals surface area contributed by atoms with Gasteiger partial charge in [-0.05, 0) is 37.0 Å². The molecular formula is C24H24N2O3S. The summed E-state index contributed by atoms with van der Waals surface area (Å²) >= 11 is 1.40. The third-order valence-electron chi connectivity index (χ3n) is 5.61. The maximum atomic E-state index is 12.8. The van der Waals surface area contributed by atoms with E-state index < -0.39 is 5.41 Å². The van der Waals surface area contributed by atoms with Crippen molar-refractivity contribution in [3.8, 4) is 0 Å². The van der Waals surface area contributed by atoms with Crippen molar-refractivity contribution >= 4 is 28.9 Å². The van der Waals surface area contributed by atoms with Crippen LogP contribution in [-0.4, -0.2) is 16.9 Å². The van der Waals surface area contributed by atoms with Crippen molar-refractivity contribution in [2.75, 3.05) is 5.32 Å². The second kappa shape index (κ2) is 8.79. The van der Waals surface area contributed by atoms with Gasteiger partial charge in [0.05, 0.1) is 17.5 Å². The fraction of sp³-hybridized carbons (Fsp3) is 0.292. The molecule has 4 rings (SSSR count). The summed E-state index contributed by atoms with van der Waals surface area (Å²) in [5.41, 5.74) is 3.00. The van der Waals surface area contributed by atoms with E-state index in [4.69, 9.17) is 4.74 Å². The van der Waals surface area contributed by atoms with E-state index in [-0.39, 0.29) is 24.9 Å². The molecule has 0 unspecified atom stereocenters. The molecule has 0 bridgehead atoms. The number of nitrogens with one attached hydrogen (secondary N) is 1. The molecule has 0 atom stereocenters. The molecule has 154 valence electrons. The summed E-state index contributed by atoms with van der Waals surface area (Å²) in [6.45, 7) is 2.08. The Kier molecular flexibility index (Phi) is 5.95. The molecule has 1 saturated carbocycles. The number of para-hydroxylation sites is 1. The number of nitrogens with zero attached hydrogens (tertiary/aromatic N) is 1. The van der Waals surface area contributed by atoms with E-state index in [2.05, 4.69) is 10.3 Å². The van der Waals surface area contributed by atoms with Crippen molar-refractivity contribution in [3.05, 3.63) is 81.8 Å². The summed E-state index contributed by atoms with van der Waals surface area (Å²) in [6, 6.07) is 17.5. The van der Waals surface area contributed by atoms with Gasteiger partial charge in [-0.2, -0.15) is 0 Å². The first-order valence-electron chi connectivity index (χ1n) is 10.1. The van der Waals surface area contributed by atoms with Crippen LogP contribution in [0.3, 0.4) is 0 Å². The Morgan fingerprint density at radius 2 is 1.83 bits per heavy atom. The van der Waals surface area contributed by atoms with Crippen LogP contribution in [0.15, 0.2) is 60.0 Å². The van der Waals surface area contributed by atoms with E-state index in [1.54, 1.807) is 0 Å². The molecule has 0 radical (unpaired) electrons. The van der Waals surface area contributed by atoms with Crippen molar-refractivity contribution in [1.29, 1.82) is 0 Å². The van der Waals surface area contributed by atoms with Gasteiger partial charge in [0.1, 0.15) is 11.6 Å². The summed E-state index contributed by atoms with van der Waals surface area (Å²) in [5.74, 6) is -0.300. The van der Waals surface area contributed by atoms with Crippen LogP contribution in [0, 0.1) is 6.92 Å². The largest absolute Gasteiger partial charge is 0.458 e. The second-order valence-corrected chi connectivity index (χ2v) is 8.59. The molecule has 5 nitrogen and oxygen atoms in total. The minimum atomic E-state index is -0.520. The zero-order valence-electron chi connectivity index (χ0n) is 16.9. The van der Waals surface area contributed by atoms with Crippen LogP contribution in [0.25, 0.3) is 0 Å². The molecule has 1 aliphatic rings. The molecule has 1 aliphatic carbocycles. The van der Waals surface area contributed by atoms with Gasteiger partial charge in [-0.3, -0.25) is 9.59 Å². The zero-order chi connectivity index (χ0) is 21.0. The van der Waals surface area contributed by atoms with Gasteiger partial charge in [-0.1, -0.05) is 55.0 Å². The number of thiazole rings is 1. The highest BCUT2D eigenvalue weighted by atomic mass is 32.1. The quantitative estimate of drug-likeness (QED) is 0.558. The highest BCUT2D eigenvalue weighted by Gasteiger charge is 2.47. The number of carbonyl (C=O) groups is 2. The number of benzene rings is 2. The van der Waals surface area contributed by atoms with Crippen molar-refractivity contribution in [3.63, 3.8) is 0 Å². The third-order valence-corrected chi connectivity index (χ3v) is 6.50. The molecule has 0 spiro atoms. The Labute approximate surface area is 180 Å². The van der Waals surface area contributed by atoms with Crippen LogP contribution in [0.5, 0.6) is 0 Å². The number of rotatable bonds is 7. The number of carbonyl (C=O) groups excluding carboxylic acids is 2. The zero-order valence-corrected chi connectivity index (χ0v) is 17.7. The lowest BCUT2D eigenvalue weighted by molar-refractivity contribution is -0.156. The topological polar surface area (TPSA) is 68.3 Å². The van der Waals surface area contributed by atoms with E-state index in [0.717, 1.165) is 36.1 Å². The van der Waals surface area contributed by atoms with Crippen LogP contribution in [-0.2, 0) is 32.8 Å².